The van der Waals surface area contributed by atoms with E-state index in [9.17, 15) is 13.2 Å². The molecule has 0 aromatic carbocycles. The van der Waals surface area contributed by atoms with Gasteiger partial charge >= 0.3 is 0 Å². The Morgan fingerprint density at radius 2 is 2.16 bits per heavy atom. The maximum absolute atomic E-state index is 12.5. The first kappa shape index (κ1) is 14.3. The Bertz CT molecular complexity index is 582. The molecule has 0 bridgehead atoms. The summed E-state index contributed by atoms with van der Waals surface area (Å²) >= 11 is 1.09. The normalized spacial score (nSPS) is 25.3. The summed E-state index contributed by atoms with van der Waals surface area (Å²) in [4.78, 5) is 11.3. The molecule has 0 radical (unpaired) electrons. The van der Waals surface area contributed by atoms with Crippen LogP contribution in [0.5, 0.6) is 0 Å². The van der Waals surface area contributed by atoms with Crippen LogP contribution in [0.4, 0.5) is 5.69 Å². The SMILES string of the molecule is CC1CCC(C(N)=O)CN1S(=O)(=O)c1cc(N)cs1. The molecular weight excluding hydrogens is 286 g/mol. The fourth-order valence-electron chi connectivity index (χ4n) is 2.22. The lowest BCUT2D eigenvalue weighted by molar-refractivity contribution is -0.123. The van der Waals surface area contributed by atoms with E-state index in [2.05, 4.69) is 0 Å². The summed E-state index contributed by atoms with van der Waals surface area (Å²) in [5.74, 6) is -0.860. The molecule has 19 heavy (non-hydrogen) atoms. The van der Waals surface area contributed by atoms with Crippen LogP contribution in [0.1, 0.15) is 19.8 Å². The average molecular weight is 303 g/mol. The van der Waals surface area contributed by atoms with Gasteiger partial charge in [-0.1, -0.05) is 0 Å². The zero-order chi connectivity index (χ0) is 14.2. The summed E-state index contributed by atoms with van der Waals surface area (Å²) in [6.45, 7) is 1.99. The minimum absolute atomic E-state index is 0.135. The van der Waals surface area contributed by atoms with E-state index in [4.69, 9.17) is 11.5 Å². The number of hydrogen-bond acceptors (Lipinski definition) is 5. The number of piperidine rings is 1. The third kappa shape index (κ3) is 2.75. The predicted octanol–water partition coefficient (Wildman–Crippen LogP) is 0.605. The van der Waals surface area contributed by atoms with Gasteiger partial charge in [0.2, 0.25) is 5.91 Å². The largest absolute Gasteiger partial charge is 0.398 e. The maximum Gasteiger partial charge on any atom is 0.252 e. The molecule has 1 aliphatic heterocycles. The number of rotatable bonds is 3. The highest BCUT2D eigenvalue weighted by molar-refractivity contribution is 7.91. The van der Waals surface area contributed by atoms with Crippen LogP contribution in [0.15, 0.2) is 15.7 Å². The number of nitrogen functional groups attached to an aromatic ring is 1. The van der Waals surface area contributed by atoms with E-state index in [0.717, 1.165) is 11.3 Å². The zero-order valence-corrected chi connectivity index (χ0v) is 12.2. The van der Waals surface area contributed by atoms with Crippen molar-refractivity contribution in [3.05, 3.63) is 11.4 Å². The van der Waals surface area contributed by atoms with Crippen LogP contribution in [-0.2, 0) is 14.8 Å². The van der Waals surface area contributed by atoms with Crippen molar-refractivity contribution in [2.24, 2.45) is 11.7 Å². The molecule has 2 unspecified atom stereocenters. The van der Waals surface area contributed by atoms with E-state index in [1.807, 2.05) is 6.92 Å². The van der Waals surface area contributed by atoms with Crippen molar-refractivity contribution in [1.82, 2.24) is 4.31 Å². The number of thiophene rings is 1. The van der Waals surface area contributed by atoms with E-state index in [0.29, 0.717) is 18.5 Å². The van der Waals surface area contributed by atoms with Gasteiger partial charge in [0, 0.05) is 23.7 Å². The van der Waals surface area contributed by atoms with Crippen LogP contribution < -0.4 is 11.5 Å². The van der Waals surface area contributed by atoms with Gasteiger partial charge in [-0.2, -0.15) is 4.31 Å². The summed E-state index contributed by atoms with van der Waals surface area (Å²) in [5.41, 5.74) is 11.3. The number of carbonyl (C=O) groups excluding carboxylic acids is 1. The Hall–Kier alpha value is -1.12. The lowest BCUT2D eigenvalue weighted by atomic mass is 9.95. The fraction of sp³-hybridized carbons (Fsp3) is 0.545. The first-order chi connectivity index (χ1) is 8.82. The minimum atomic E-state index is -3.59. The monoisotopic (exact) mass is 303 g/mol. The van der Waals surface area contributed by atoms with Crippen molar-refractivity contribution < 1.29 is 13.2 Å². The molecule has 0 aliphatic carbocycles. The topological polar surface area (TPSA) is 106 Å². The summed E-state index contributed by atoms with van der Waals surface area (Å²) in [7, 11) is -3.59. The number of nitrogens with two attached hydrogens (primary N) is 2. The fourth-order valence-corrected chi connectivity index (χ4v) is 5.14. The van der Waals surface area contributed by atoms with Crippen LogP contribution in [0, 0.1) is 5.92 Å². The smallest absolute Gasteiger partial charge is 0.252 e. The van der Waals surface area contributed by atoms with Gasteiger partial charge in [0.15, 0.2) is 0 Å². The molecule has 4 N–H and O–H groups in total. The molecule has 2 rings (SSSR count). The molecule has 106 valence electrons. The van der Waals surface area contributed by atoms with Crippen molar-refractivity contribution in [3.63, 3.8) is 0 Å². The van der Waals surface area contributed by atoms with Crippen molar-refractivity contribution in [1.29, 1.82) is 0 Å². The third-order valence-corrected chi connectivity index (χ3v) is 6.80. The lowest BCUT2D eigenvalue weighted by Crippen LogP contribution is -2.48. The molecule has 1 amide bonds. The second kappa shape index (κ2) is 5.10. The zero-order valence-electron chi connectivity index (χ0n) is 10.6. The summed E-state index contributed by atoms with van der Waals surface area (Å²) in [6, 6.07) is 1.31. The predicted molar refractivity (Wildman–Crippen MR) is 74.0 cm³/mol. The number of hydrogen-bond donors (Lipinski definition) is 2. The number of primary amides is 1. The number of nitrogens with zero attached hydrogens (tertiary/aromatic N) is 1. The summed E-state index contributed by atoms with van der Waals surface area (Å²) < 4.78 is 26.6. The van der Waals surface area contributed by atoms with Crippen LogP contribution >= 0.6 is 11.3 Å². The molecule has 2 heterocycles. The highest BCUT2D eigenvalue weighted by Gasteiger charge is 2.37. The summed E-state index contributed by atoms with van der Waals surface area (Å²) in [6.07, 6.45) is 1.27. The number of anilines is 1. The number of amides is 1. The highest BCUT2D eigenvalue weighted by Crippen LogP contribution is 2.31. The Morgan fingerprint density at radius 3 is 2.68 bits per heavy atom. The molecule has 0 saturated carbocycles. The van der Waals surface area contributed by atoms with Crippen LogP contribution in [0.25, 0.3) is 0 Å². The van der Waals surface area contributed by atoms with E-state index >= 15 is 0 Å². The van der Waals surface area contributed by atoms with E-state index in [1.165, 1.54) is 10.4 Å². The molecule has 1 aliphatic rings. The number of carbonyl (C=O) groups is 1. The van der Waals surface area contributed by atoms with Gasteiger partial charge in [-0.25, -0.2) is 8.42 Å². The minimum Gasteiger partial charge on any atom is -0.398 e. The second-order valence-corrected chi connectivity index (χ2v) is 7.83. The average Bonchev–Trinajstić information content (AvgIpc) is 2.76. The lowest BCUT2D eigenvalue weighted by Gasteiger charge is -2.35. The second-order valence-electron chi connectivity index (χ2n) is 4.80. The molecular formula is C11H17N3O3S2. The van der Waals surface area contributed by atoms with Gasteiger partial charge in [0.1, 0.15) is 4.21 Å². The van der Waals surface area contributed by atoms with Crippen molar-refractivity contribution in [3.8, 4) is 0 Å². The Morgan fingerprint density at radius 1 is 1.47 bits per heavy atom. The molecule has 2 atom stereocenters. The van der Waals surface area contributed by atoms with Gasteiger partial charge in [0.05, 0.1) is 5.92 Å². The Kier molecular flexibility index (Phi) is 3.84. The van der Waals surface area contributed by atoms with Crippen LogP contribution in [0.3, 0.4) is 0 Å². The van der Waals surface area contributed by atoms with Gasteiger partial charge < -0.3 is 11.5 Å². The molecule has 1 saturated heterocycles. The van der Waals surface area contributed by atoms with E-state index in [-0.39, 0.29) is 16.8 Å². The number of sulfonamides is 1. The summed E-state index contributed by atoms with van der Waals surface area (Å²) in [5, 5.41) is 1.59. The standard InChI is InChI=1S/C11H17N3O3S2/c1-7-2-3-8(11(13)15)5-14(7)19(16,17)10-4-9(12)6-18-10/h4,6-8H,2-3,5,12H2,1H3,(H2,13,15). The van der Waals surface area contributed by atoms with Crippen LogP contribution in [0.2, 0.25) is 0 Å². The third-order valence-electron chi connectivity index (χ3n) is 3.39. The first-order valence-corrected chi connectivity index (χ1v) is 8.29. The molecule has 8 heteroatoms. The molecule has 1 aromatic rings. The van der Waals surface area contributed by atoms with Gasteiger partial charge in [-0.15, -0.1) is 11.3 Å². The van der Waals surface area contributed by atoms with Gasteiger partial charge in [-0.05, 0) is 25.8 Å². The van der Waals surface area contributed by atoms with E-state index < -0.39 is 21.8 Å². The van der Waals surface area contributed by atoms with Gasteiger partial charge in [-0.3, -0.25) is 4.79 Å². The molecule has 1 aromatic heterocycles. The molecule has 0 spiro atoms. The van der Waals surface area contributed by atoms with E-state index in [1.54, 1.807) is 5.38 Å². The Balaban J connectivity index is 2.30. The van der Waals surface area contributed by atoms with Crippen LogP contribution in [-0.4, -0.2) is 31.2 Å². The highest BCUT2D eigenvalue weighted by atomic mass is 32.2. The maximum atomic E-state index is 12.5. The van der Waals surface area contributed by atoms with Crippen molar-refractivity contribution in [2.75, 3.05) is 12.3 Å². The first-order valence-electron chi connectivity index (χ1n) is 5.97. The molecule has 1 fully saturated rings. The van der Waals surface area contributed by atoms with Gasteiger partial charge in [0.25, 0.3) is 10.0 Å². The van der Waals surface area contributed by atoms with Crippen molar-refractivity contribution in [2.45, 2.75) is 30.0 Å². The Labute approximate surface area is 116 Å². The molecule has 6 nitrogen and oxygen atoms in total. The quantitative estimate of drug-likeness (QED) is 0.852. The van der Waals surface area contributed by atoms with Crippen molar-refractivity contribution >= 4 is 33.0 Å².